The predicted molar refractivity (Wildman–Crippen MR) is 90.8 cm³/mol. The summed E-state index contributed by atoms with van der Waals surface area (Å²) in [6, 6.07) is 3.66. The van der Waals surface area contributed by atoms with Crippen LogP contribution in [0.5, 0.6) is 0 Å². The highest BCUT2D eigenvalue weighted by molar-refractivity contribution is 6.06. The van der Waals surface area contributed by atoms with E-state index in [0.29, 0.717) is 34.8 Å². The van der Waals surface area contributed by atoms with Gasteiger partial charge in [-0.2, -0.15) is 13.2 Å². The summed E-state index contributed by atoms with van der Waals surface area (Å²) in [5, 5.41) is 0. The molecule has 7 heteroatoms. The van der Waals surface area contributed by atoms with Gasteiger partial charge in [-0.25, -0.2) is 4.98 Å². The van der Waals surface area contributed by atoms with Gasteiger partial charge in [-0.3, -0.25) is 14.4 Å². The van der Waals surface area contributed by atoms with E-state index >= 15 is 0 Å². The molecule has 4 nitrogen and oxygen atoms in total. The number of carbonyl (C=O) groups is 1. The summed E-state index contributed by atoms with van der Waals surface area (Å²) in [5.74, 6) is 0.717. The monoisotopic (exact) mass is 361 g/mol. The van der Waals surface area contributed by atoms with Crippen LogP contribution in [-0.2, 0) is 12.7 Å². The molecule has 0 saturated heterocycles. The van der Waals surface area contributed by atoms with Crippen LogP contribution >= 0.6 is 0 Å². The number of benzene rings is 1. The smallest absolute Gasteiger partial charge is 0.296 e. The lowest BCUT2D eigenvalue weighted by Gasteiger charge is -2.25. The number of carbonyl (C=O) groups excluding carboxylic acids is 1. The Hall–Kier alpha value is -2.44. The molecule has 0 atom stereocenters. The van der Waals surface area contributed by atoms with Crippen LogP contribution in [0.4, 0.5) is 13.2 Å². The summed E-state index contributed by atoms with van der Waals surface area (Å²) in [6.07, 6.45) is 2.80. The second kappa shape index (κ2) is 6.37. The lowest BCUT2D eigenvalue weighted by molar-refractivity contribution is -0.137. The first kappa shape index (κ1) is 17.0. The summed E-state index contributed by atoms with van der Waals surface area (Å²) in [6.45, 7) is 0.260. The van der Waals surface area contributed by atoms with Gasteiger partial charge >= 0.3 is 6.18 Å². The quantitative estimate of drug-likeness (QED) is 0.735. The average Bonchev–Trinajstić information content (AvgIpc) is 2.97. The van der Waals surface area contributed by atoms with E-state index in [1.807, 2.05) is 0 Å². The van der Waals surface area contributed by atoms with Crippen molar-refractivity contribution in [3.8, 4) is 5.69 Å². The fourth-order valence-electron chi connectivity index (χ4n) is 3.96. The van der Waals surface area contributed by atoms with Gasteiger partial charge in [-0.05, 0) is 31.0 Å². The number of aldehydes is 1. The van der Waals surface area contributed by atoms with Crippen molar-refractivity contribution in [2.75, 3.05) is 0 Å². The third-order valence-corrected chi connectivity index (χ3v) is 5.21. The van der Waals surface area contributed by atoms with Gasteiger partial charge in [0, 0.05) is 17.2 Å². The number of halogens is 3. The van der Waals surface area contributed by atoms with Crippen LogP contribution in [0.25, 0.3) is 5.69 Å². The average molecular weight is 361 g/mol. The number of aliphatic imine (C=N–C) groups is 1. The van der Waals surface area contributed by atoms with E-state index in [9.17, 15) is 18.0 Å². The number of alkyl halides is 3. The van der Waals surface area contributed by atoms with Crippen LogP contribution < -0.4 is 0 Å². The lowest BCUT2D eigenvalue weighted by Crippen LogP contribution is -2.21. The predicted octanol–water partition coefficient (Wildman–Crippen LogP) is 4.59. The SMILES string of the molecule is O=Cc1cnc2n1-c1ccc(C(F)(F)F)cc1C(C1CCCCC1)=NC2. The van der Waals surface area contributed by atoms with Gasteiger partial charge in [0.15, 0.2) is 6.29 Å². The molecule has 0 radical (unpaired) electrons. The molecule has 2 aliphatic rings. The summed E-state index contributed by atoms with van der Waals surface area (Å²) in [7, 11) is 0. The van der Waals surface area contributed by atoms with Gasteiger partial charge in [-0.15, -0.1) is 0 Å². The van der Waals surface area contributed by atoms with Crippen molar-refractivity contribution in [2.45, 2.75) is 44.8 Å². The summed E-state index contributed by atoms with van der Waals surface area (Å²) in [5.41, 5.74) is 1.35. The highest BCUT2D eigenvalue weighted by atomic mass is 19.4. The number of nitrogens with zero attached hydrogens (tertiary/aromatic N) is 3. The number of hydrogen-bond acceptors (Lipinski definition) is 3. The molecule has 1 aliphatic heterocycles. The molecule has 0 amide bonds. The first-order valence-electron chi connectivity index (χ1n) is 8.77. The van der Waals surface area contributed by atoms with Crippen molar-refractivity contribution in [3.05, 3.63) is 47.0 Å². The zero-order chi connectivity index (χ0) is 18.3. The van der Waals surface area contributed by atoms with Gasteiger partial charge in [0.05, 0.1) is 24.0 Å². The van der Waals surface area contributed by atoms with E-state index in [4.69, 9.17) is 0 Å². The van der Waals surface area contributed by atoms with Gasteiger partial charge in [0.2, 0.25) is 0 Å². The fourth-order valence-corrected chi connectivity index (χ4v) is 3.96. The third-order valence-electron chi connectivity index (χ3n) is 5.21. The molecule has 0 N–H and O–H groups in total. The Morgan fingerprint density at radius 3 is 2.62 bits per heavy atom. The maximum Gasteiger partial charge on any atom is 0.416 e. The molecule has 136 valence electrons. The lowest BCUT2D eigenvalue weighted by atomic mass is 9.82. The van der Waals surface area contributed by atoms with Crippen LogP contribution in [0.15, 0.2) is 29.4 Å². The fraction of sp³-hybridized carbons (Fsp3) is 0.421. The Bertz CT molecular complexity index is 877. The van der Waals surface area contributed by atoms with Crippen LogP contribution in [0.1, 0.15) is 59.5 Å². The van der Waals surface area contributed by atoms with Gasteiger partial charge in [-0.1, -0.05) is 19.3 Å². The molecular formula is C19H18F3N3O. The maximum absolute atomic E-state index is 13.3. The first-order valence-corrected chi connectivity index (χ1v) is 8.77. The van der Waals surface area contributed by atoms with Crippen LogP contribution in [0.3, 0.4) is 0 Å². The molecule has 1 fully saturated rings. The van der Waals surface area contributed by atoms with E-state index in [1.54, 1.807) is 4.57 Å². The van der Waals surface area contributed by atoms with Gasteiger partial charge in [0.25, 0.3) is 0 Å². The third kappa shape index (κ3) is 2.85. The van der Waals surface area contributed by atoms with E-state index in [-0.39, 0.29) is 12.5 Å². The maximum atomic E-state index is 13.3. The van der Waals surface area contributed by atoms with E-state index < -0.39 is 11.7 Å². The highest BCUT2D eigenvalue weighted by Crippen LogP contribution is 2.36. The molecule has 2 aromatic rings. The first-order chi connectivity index (χ1) is 12.5. The van der Waals surface area contributed by atoms with Crippen molar-refractivity contribution in [1.82, 2.24) is 9.55 Å². The number of rotatable bonds is 2. The Labute approximate surface area is 148 Å². The molecule has 1 aromatic carbocycles. The second-order valence-corrected chi connectivity index (χ2v) is 6.82. The molecule has 0 unspecified atom stereocenters. The van der Waals surface area contributed by atoms with Crippen LogP contribution in [0, 0.1) is 5.92 Å². The van der Waals surface area contributed by atoms with Crippen molar-refractivity contribution in [3.63, 3.8) is 0 Å². The van der Waals surface area contributed by atoms with Gasteiger partial charge in [0.1, 0.15) is 11.5 Å². The molecule has 0 spiro atoms. The minimum atomic E-state index is -4.43. The Balaban J connectivity index is 1.92. The minimum Gasteiger partial charge on any atom is -0.296 e. The molecule has 2 heterocycles. The van der Waals surface area contributed by atoms with Crippen molar-refractivity contribution in [1.29, 1.82) is 0 Å². The van der Waals surface area contributed by atoms with Crippen LogP contribution in [-0.4, -0.2) is 21.5 Å². The summed E-state index contributed by atoms with van der Waals surface area (Å²) < 4.78 is 41.5. The molecule has 1 aromatic heterocycles. The van der Waals surface area contributed by atoms with Crippen molar-refractivity contribution < 1.29 is 18.0 Å². The van der Waals surface area contributed by atoms with Crippen molar-refractivity contribution in [2.24, 2.45) is 10.9 Å². The molecular weight excluding hydrogens is 343 g/mol. The van der Waals surface area contributed by atoms with Gasteiger partial charge < -0.3 is 0 Å². The molecule has 1 saturated carbocycles. The number of imidazole rings is 1. The number of hydrogen-bond donors (Lipinski definition) is 0. The molecule has 1 aliphatic carbocycles. The van der Waals surface area contributed by atoms with E-state index in [2.05, 4.69) is 9.98 Å². The van der Waals surface area contributed by atoms with Crippen molar-refractivity contribution >= 4 is 12.0 Å². The Morgan fingerprint density at radius 1 is 1.15 bits per heavy atom. The van der Waals surface area contributed by atoms with E-state index in [0.717, 1.165) is 38.2 Å². The van der Waals surface area contributed by atoms with Crippen LogP contribution in [0.2, 0.25) is 0 Å². The van der Waals surface area contributed by atoms with E-state index in [1.165, 1.54) is 18.3 Å². The minimum absolute atomic E-state index is 0.148. The highest BCUT2D eigenvalue weighted by Gasteiger charge is 2.34. The molecule has 0 bridgehead atoms. The zero-order valence-corrected chi connectivity index (χ0v) is 14.1. The standard InChI is InChI=1S/C19H18F3N3O/c20-19(21,22)13-6-7-16-15(8-13)18(12-4-2-1-3-5-12)24-10-17-23-9-14(11-26)25(16)17/h6-9,11-12H,1-5,10H2. The number of fused-ring (bicyclic) bond motifs is 3. The largest absolute Gasteiger partial charge is 0.416 e. The topological polar surface area (TPSA) is 47.2 Å². The second-order valence-electron chi connectivity index (χ2n) is 6.82. The summed E-state index contributed by atoms with van der Waals surface area (Å²) in [4.78, 5) is 20.3. The number of aromatic nitrogens is 2. The summed E-state index contributed by atoms with van der Waals surface area (Å²) >= 11 is 0. The Kier molecular flexibility index (Phi) is 4.17. The molecule has 26 heavy (non-hydrogen) atoms. The molecule has 4 rings (SSSR count). The Morgan fingerprint density at radius 2 is 1.92 bits per heavy atom. The normalized spacial score (nSPS) is 17.9. The zero-order valence-electron chi connectivity index (χ0n) is 14.1.